The summed E-state index contributed by atoms with van der Waals surface area (Å²) in [5.74, 6) is 0. The van der Waals surface area contributed by atoms with Gasteiger partial charge in [0.25, 0.3) is 0 Å². The first kappa shape index (κ1) is 18.0. The number of carbonyl (C=O) groups is 1. The number of aromatic nitrogens is 2. The highest BCUT2D eigenvalue weighted by Gasteiger charge is 2.15. The standard InChI is InChI=1S/C18H26N4O2/c1-18(2,14-23)9-3-10-19-17(24)21-16-7-5-15(6-8-16)13-22-12-4-11-20-22/h4-8,11-12,23H,3,9-10,13-14H2,1-2H3,(H2,19,21,24). The molecule has 24 heavy (non-hydrogen) atoms. The molecule has 3 N–H and O–H groups in total. The third-order valence-corrected chi connectivity index (χ3v) is 3.86. The van der Waals surface area contributed by atoms with Crippen LogP contribution in [-0.2, 0) is 6.54 Å². The van der Waals surface area contributed by atoms with Gasteiger partial charge in [-0.05, 0) is 42.0 Å². The first-order chi connectivity index (χ1) is 11.5. The van der Waals surface area contributed by atoms with E-state index in [4.69, 9.17) is 0 Å². The third-order valence-electron chi connectivity index (χ3n) is 3.86. The third kappa shape index (κ3) is 6.04. The van der Waals surface area contributed by atoms with Gasteiger partial charge in [-0.3, -0.25) is 4.68 Å². The molecule has 0 aliphatic carbocycles. The van der Waals surface area contributed by atoms with Crippen molar-refractivity contribution in [2.75, 3.05) is 18.5 Å². The van der Waals surface area contributed by atoms with Crippen molar-refractivity contribution in [3.63, 3.8) is 0 Å². The van der Waals surface area contributed by atoms with Gasteiger partial charge in [0.05, 0.1) is 6.54 Å². The first-order valence-corrected chi connectivity index (χ1v) is 8.21. The smallest absolute Gasteiger partial charge is 0.319 e. The summed E-state index contributed by atoms with van der Waals surface area (Å²) in [6.45, 7) is 5.48. The number of urea groups is 1. The van der Waals surface area contributed by atoms with E-state index in [1.165, 1.54) is 0 Å². The minimum atomic E-state index is -0.211. The van der Waals surface area contributed by atoms with Crippen molar-refractivity contribution in [2.45, 2.75) is 33.2 Å². The van der Waals surface area contributed by atoms with E-state index in [2.05, 4.69) is 15.7 Å². The molecule has 0 saturated heterocycles. The lowest BCUT2D eigenvalue weighted by Crippen LogP contribution is -2.30. The van der Waals surface area contributed by atoms with Gasteiger partial charge in [-0.25, -0.2) is 4.79 Å². The van der Waals surface area contributed by atoms with Crippen LogP contribution in [0.3, 0.4) is 0 Å². The quantitative estimate of drug-likeness (QED) is 0.651. The molecule has 2 amide bonds. The van der Waals surface area contributed by atoms with E-state index in [1.807, 2.05) is 55.1 Å². The Labute approximate surface area is 142 Å². The highest BCUT2D eigenvalue weighted by Crippen LogP contribution is 2.20. The Morgan fingerprint density at radius 3 is 2.67 bits per heavy atom. The Kier molecular flexibility index (Phi) is 6.37. The minimum absolute atomic E-state index is 0.0947. The maximum Gasteiger partial charge on any atom is 0.319 e. The summed E-state index contributed by atoms with van der Waals surface area (Å²) in [5.41, 5.74) is 1.78. The largest absolute Gasteiger partial charge is 0.396 e. The molecule has 1 aromatic heterocycles. The lowest BCUT2D eigenvalue weighted by Gasteiger charge is -2.21. The predicted octanol–water partition coefficient (Wildman–Crippen LogP) is 2.85. The average Bonchev–Trinajstić information content (AvgIpc) is 3.06. The number of carbonyl (C=O) groups excluding carboxylic acids is 1. The molecular formula is C18H26N4O2. The van der Waals surface area contributed by atoms with Gasteiger partial charge in [-0.15, -0.1) is 0 Å². The van der Waals surface area contributed by atoms with Crippen LogP contribution in [0.15, 0.2) is 42.7 Å². The molecule has 0 saturated carbocycles. The molecule has 2 aromatic rings. The monoisotopic (exact) mass is 330 g/mol. The van der Waals surface area contributed by atoms with Crippen molar-refractivity contribution in [1.29, 1.82) is 0 Å². The minimum Gasteiger partial charge on any atom is -0.396 e. The molecule has 0 atom stereocenters. The molecule has 0 spiro atoms. The molecule has 0 bridgehead atoms. The topological polar surface area (TPSA) is 79.2 Å². The van der Waals surface area contributed by atoms with Crippen molar-refractivity contribution in [1.82, 2.24) is 15.1 Å². The fourth-order valence-electron chi connectivity index (χ4n) is 2.30. The number of rotatable bonds is 8. The number of hydrogen-bond acceptors (Lipinski definition) is 3. The number of benzene rings is 1. The molecule has 2 rings (SSSR count). The molecule has 6 nitrogen and oxygen atoms in total. The highest BCUT2D eigenvalue weighted by atomic mass is 16.3. The zero-order chi connectivity index (χ0) is 17.4. The van der Waals surface area contributed by atoms with Crippen LogP contribution in [0.4, 0.5) is 10.5 Å². The maximum absolute atomic E-state index is 11.9. The van der Waals surface area contributed by atoms with Gasteiger partial charge >= 0.3 is 6.03 Å². The van der Waals surface area contributed by atoms with Gasteiger partial charge in [0.1, 0.15) is 0 Å². The molecule has 0 aliphatic rings. The van der Waals surface area contributed by atoms with Gasteiger partial charge in [0.15, 0.2) is 0 Å². The summed E-state index contributed by atoms with van der Waals surface area (Å²) in [7, 11) is 0. The van der Waals surface area contributed by atoms with Crippen LogP contribution in [0, 0.1) is 5.41 Å². The lowest BCUT2D eigenvalue weighted by atomic mass is 9.89. The van der Waals surface area contributed by atoms with Gasteiger partial charge in [-0.1, -0.05) is 26.0 Å². The molecule has 6 heteroatoms. The summed E-state index contributed by atoms with van der Waals surface area (Å²) in [6, 6.07) is 9.39. The van der Waals surface area contributed by atoms with Crippen molar-refractivity contribution >= 4 is 11.7 Å². The Morgan fingerprint density at radius 2 is 2.04 bits per heavy atom. The summed E-state index contributed by atoms with van der Waals surface area (Å²) in [4.78, 5) is 11.9. The van der Waals surface area contributed by atoms with Gasteiger partial charge in [0, 0.05) is 31.2 Å². The molecule has 0 aliphatic heterocycles. The van der Waals surface area contributed by atoms with E-state index in [9.17, 15) is 9.90 Å². The fraction of sp³-hybridized carbons (Fsp3) is 0.444. The van der Waals surface area contributed by atoms with E-state index in [-0.39, 0.29) is 18.1 Å². The fourth-order valence-corrected chi connectivity index (χ4v) is 2.30. The Hall–Kier alpha value is -2.34. The van der Waals surface area contributed by atoms with Gasteiger partial charge in [0.2, 0.25) is 0 Å². The maximum atomic E-state index is 11.9. The molecule has 130 valence electrons. The second-order valence-corrected chi connectivity index (χ2v) is 6.71. The van der Waals surface area contributed by atoms with Crippen LogP contribution < -0.4 is 10.6 Å². The Bertz CT molecular complexity index is 621. The summed E-state index contributed by atoms with van der Waals surface area (Å²) >= 11 is 0. The second kappa shape index (κ2) is 8.49. The number of aliphatic hydroxyl groups is 1. The van der Waals surface area contributed by atoms with Crippen LogP contribution in [0.1, 0.15) is 32.3 Å². The molecule has 1 aromatic carbocycles. The van der Waals surface area contributed by atoms with Crippen LogP contribution in [-0.4, -0.2) is 34.1 Å². The molecular weight excluding hydrogens is 304 g/mol. The van der Waals surface area contributed by atoms with Gasteiger partial charge < -0.3 is 15.7 Å². The van der Waals surface area contributed by atoms with E-state index in [0.717, 1.165) is 24.1 Å². The number of hydrogen-bond donors (Lipinski definition) is 3. The SMILES string of the molecule is CC(C)(CO)CCCNC(=O)Nc1ccc(Cn2cccn2)cc1. The predicted molar refractivity (Wildman–Crippen MR) is 94.9 cm³/mol. The van der Waals surface area contributed by atoms with Crippen molar-refractivity contribution in [3.8, 4) is 0 Å². The van der Waals surface area contributed by atoms with Crippen molar-refractivity contribution in [3.05, 3.63) is 48.3 Å². The van der Waals surface area contributed by atoms with Crippen LogP contribution in [0.2, 0.25) is 0 Å². The van der Waals surface area contributed by atoms with Crippen molar-refractivity contribution < 1.29 is 9.90 Å². The van der Waals surface area contributed by atoms with Crippen molar-refractivity contribution in [2.24, 2.45) is 5.41 Å². The second-order valence-electron chi connectivity index (χ2n) is 6.71. The molecule has 0 unspecified atom stereocenters. The first-order valence-electron chi connectivity index (χ1n) is 8.21. The number of nitrogens with one attached hydrogen (secondary N) is 2. The highest BCUT2D eigenvalue weighted by molar-refractivity contribution is 5.89. The zero-order valence-corrected chi connectivity index (χ0v) is 14.3. The van der Waals surface area contributed by atoms with Gasteiger partial charge in [-0.2, -0.15) is 5.10 Å². The number of aliphatic hydroxyl groups excluding tert-OH is 1. The van der Waals surface area contributed by atoms with E-state index < -0.39 is 0 Å². The summed E-state index contributed by atoms with van der Waals surface area (Å²) in [5, 5.41) is 19.0. The Morgan fingerprint density at radius 1 is 1.29 bits per heavy atom. The summed E-state index contributed by atoms with van der Waals surface area (Å²) in [6.07, 6.45) is 5.37. The normalized spacial score (nSPS) is 11.3. The zero-order valence-electron chi connectivity index (χ0n) is 14.3. The number of amides is 2. The molecule has 0 radical (unpaired) electrons. The van der Waals surface area contributed by atoms with Crippen LogP contribution in [0.25, 0.3) is 0 Å². The summed E-state index contributed by atoms with van der Waals surface area (Å²) < 4.78 is 1.85. The van der Waals surface area contributed by atoms with E-state index in [1.54, 1.807) is 6.20 Å². The average molecular weight is 330 g/mol. The van der Waals surface area contributed by atoms with Crippen LogP contribution >= 0.6 is 0 Å². The lowest BCUT2D eigenvalue weighted by molar-refractivity contribution is 0.148. The molecule has 0 fully saturated rings. The van der Waals surface area contributed by atoms with Crippen LogP contribution in [0.5, 0.6) is 0 Å². The molecule has 1 heterocycles. The number of anilines is 1. The number of nitrogens with zero attached hydrogens (tertiary/aromatic N) is 2. The van der Waals surface area contributed by atoms with E-state index in [0.29, 0.717) is 13.1 Å². The Balaban J connectivity index is 1.72. The van der Waals surface area contributed by atoms with E-state index >= 15 is 0 Å².